The lowest BCUT2D eigenvalue weighted by atomic mass is 10.2. The molecule has 0 fully saturated rings. The van der Waals surface area contributed by atoms with Crippen LogP contribution in [0.15, 0.2) is 46.3 Å². The number of amides is 1. The number of hydrogen-bond acceptors (Lipinski definition) is 5. The zero-order valence-corrected chi connectivity index (χ0v) is 19.0. The fourth-order valence-electron chi connectivity index (χ4n) is 2.77. The Morgan fingerprint density at radius 3 is 2.63 bits per heavy atom. The van der Waals surface area contributed by atoms with E-state index in [1.165, 1.54) is 0 Å². The molecule has 30 heavy (non-hydrogen) atoms. The quantitative estimate of drug-likeness (QED) is 0.272. The molecule has 6 nitrogen and oxygen atoms in total. The van der Waals surface area contributed by atoms with Crippen LogP contribution in [-0.2, 0) is 16.1 Å². The summed E-state index contributed by atoms with van der Waals surface area (Å²) in [4.78, 5) is 30.0. The first-order valence-corrected chi connectivity index (χ1v) is 11.1. The van der Waals surface area contributed by atoms with E-state index in [1.54, 1.807) is 48.1 Å². The molecule has 0 bridgehead atoms. The lowest BCUT2D eigenvalue weighted by molar-refractivity contribution is -0.113. The Balaban J connectivity index is 1.85. The normalized spacial score (nSPS) is 11.1. The molecular weight excluding hydrogens is 469 g/mol. The van der Waals surface area contributed by atoms with Gasteiger partial charge in [0.05, 0.1) is 32.4 Å². The highest BCUT2D eigenvalue weighted by atomic mass is 35.5. The molecule has 0 radical (unpaired) electrons. The molecule has 158 valence electrons. The molecular formula is C20H18Cl3N3O3S. The molecule has 0 atom stereocenters. The fourth-order valence-corrected chi connectivity index (χ4v) is 4.25. The Kier molecular flexibility index (Phi) is 8.02. The summed E-state index contributed by atoms with van der Waals surface area (Å²) in [6.45, 7) is 0.916. The predicted molar refractivity (Wildman–Crippen MR) is 123 cm³/mol. The van der Waals surface area contributed by atoms with Gasteiger partial charge in [-0.3, -0.25) is 14.2 Å². The van der Waals surface area contributed by atoms with Crippen molar-refractivity contribution in [1.29, 1.82) is 0 Å². The third-order valence-electron chi connectivity index (χ3n) is 4.17. The zero-order chi connectivity index (χ0) is 21.7. The number of fused-ring (bicyclic) bond motifs is 1. The van der Waals surface area contributed by atoms with E-state index in [0.717, 1.165) is 11.8 Å². The fraction of sp³-hybridized carbons (Fsp3) is 0.250. The van der Waals surface area contributed by atoms with Crippen LogP contribution in [0.25, 0.3) is 10.9 Å². The van der Waals surface area contributed by atoms with Gasteiger partial charge in [-0.1, -0.05) is 52.6 Å². The van der Waals surface area contributed by atoms with E-state index in [1.807, 2.05) is 0 Å². The summed E-state index contributed by atoms with van der Waals surface area (Å²) in [5.74, 6) is -0.302. The van der Waals surface area contributed by atoms with Gasteiger partial charge >= 0.3 is 0 Å². The maximum absolute atomic E-state index is 13.0. The molecule has 3 rings (SSSR count). The predicted octanol–water partition coefficient (Wildman–Crippen LogP) is 5.12. The van der Waals surface area contributed by atoms with Gasteiger partial charge in [0.15, 0.2) is 5.16 Å². The summed E-state index contributed by atoms with van der Waals surface area (Å²) < 4.78 is 6.64. The molecule has 1 heterocycles. The van der Waals surface area contributed by atoms with Gasteiger partial charge < -0.3 is 10.1 Å². The van der Waals surface area contributed by atoms with Crippen molar-refractivity contribution < 1.29 is 9.53 Å². The third kappa shape index (κ3) is 5.47. The van der Waals surface area contributed by atoms with E-state index in [9.17, 15) is 9.59 Å². The maximum Gasteiger partial charge on any atom is 0.262 e. The molecule has 2 aromatic carbocycles. The van der Waals surface area contributed by atoms with Crippen LogP contribution in [0, 0.1) is 0 Å². The molecule has 0 saturated heterocycles. The molecule has 0 unspecified atom stereocenters. The second-order valence-electron chi connectivity index (χ2n) is 6.29. The highest BCUT2D eigenvalue weighted by molar-refractivity contribution is 7.99. The first-order valence-electron chi connectivity index (χ1n) is 8.96. The first-order chi connectivity index (χ1) is 14.4. The Morgan fingerprint density at radius 1 is 1.20 bits per heavy atom. The minimum Gasteiger partial charge on any atom is -0.385 e. The Hall–Kier alpha value is -1.77. The summed E-state index contributed by atoms with van der Waals surface area (Å²) in [6.07, 6.45) is 0.631. The molecule has 0 aliphatic rings. The number of rotatable bonds is 8. The lowest BCUT2D eigenvalue weighted by Crippen LogP contribution is -2.25. The SMILES string of the molecule is COCCCn1c(SCC(=O)Nc2c(Cl)cccc2Cl)nc2cc(Cl)ccc2c1=O. The van der Waals surface area contributed by atoms with E-state index >= 15 is 0 Å². The Morgan fingerprint density at radius 2 is 1.93 bits per heavy atom. The van der Waals surface area contributed by atoms with E-state index in [-0.39, 0.29) is 17.2 Å². The van der Waals surface area contributed by atoms with Crippen LogP contribution in [0.3, 0.4) is 0 Å². The minimum atomic E-state index is -0.320. The number of halogens is 3. The minimum absolute atomic E-state index is 0.0182. The van der Waals surface area contributed by atoms with E-state index in [4.69, 9.17) is 39.5 Å². The topological polar surface area (TPSA) is 73.2 Å². The van der Waals surface area contributed by atoms with Crippen LogP contribution in [0.4, 0.5) is 5.69 Å². The molecule has 0 spiro atoms. The largest absolute Gasteiger partial charge is 0.385 e. The van der Waals surface area contributed by atoms with E-state index in [2.05, 4.69) is 10.3 Å². The monoisotopic (exact) mass is 485 g/mol. The summed E-state index contributed by atoms with van der Waals surface area (Å²) in [5, 5.41) is 4.76. The zero-order valence-electron chi connectivity index (χ0n) is 16.0. The third-order valence-corrected chi connectivity index (χ3v) is 6.01. The van der Waals surface area contributed by atoms with Gasteiger partial charge in [-0.05, 0) is 36.8 Å². The summed E-state index contributed by atoms with van der Waals surface area (Å²) in [7, 11) is 1.60. The number of ether oxygens (including phenoxy) is 1. The van der Waals surface area contributed by atoms with Crippen molar-refractivity contribution in [2.45, 2.75) is 18.1 Å². The second kappa shape index (κ2) is 10.5. The smallest absolute Gasteiger partial charge is 0.262 e. The number of nitrogens with one attached hydrogen (secondary N) is 1. The molecule has 3 aromatic rings. The molecule has 1 N–H and O–H groups in total. The van der Waals surface area contributed by atoms with Crippen molar-refractivity contribution in [2.24, 2.45) is 0 Å². The van der Waals surface area contributed by atoms with Crippen molar-refractivity contribution in [1.82, 2.24) is 9.55 Å². The number of carbonyl (C=O) groups is 1. The van der Waals surface area contributed by atoms with Crippen molar-refractivity contribution >= 4 is 69.1 Å². The molecule has 0 saturated carbocycles. The average Bonchev–Trinajstić information content (AvgIpc) is 2.71. The summed E-state index contributed by atoms with van der Waals surface area (Å²) >= 11 is 19.4. The average molecular weight is 487 g/mol. The highest BCUT2D eigenvalue weighted by Crippen LogP contribution is 2.30. The summed E-state index contributed by atoms with van der Waals surface area (Å²) in [5.41, 5.74) is 0.638. The van der Waals surface area contributed by atoms with Gasteiger partial charge in [0.25, 0.3) is 5.56 Å². The second-order valence-corrected chi connectivity index (χ2v) is 8.49. The number of anilines is 1. The van der Waals surface area contributed by atoms with Gasteiger partial charge in [0.2, 0.25) is 5.91 Å². The van der Waals surface area contributed by atoms with Crippen LogP contribution < -0.4 is 10.9 Å². The molecule has 10 heteroatoms. The van der Waals surface area contributed by atoms with E-state index in [0.29, 0.717) is 56.4 Å². The number of nitrogens with zero attached hydrogens (tertiary/aromatic N) is 2. The van der Waals surface area contributed by atoms with Crippen LogP contribution in [-0.4, -0.2) is 34.9 Å². The van der Waals surface area contributed by atoms with Crippen LogP contribution >= 0.6 is 46.6 Å². The van der Waals surface area contributed by atoms with Crippen LogP contribution in [0.1, 0.15) is 6.42 Å². The van der Waals surface area contributed by atoms with E-state index < -0.39 is 0 Å². The van der Waals surface area contributed by atoms with Crippen molar-refractivity contribution in [3.05, 3.63) is 61.8 Å². The number of benzene rings is 2. The van der Waals surface area contributed by atoms with Gasteiger partial charge in [0.1, 0.15) is 0 Å². The van der Waals surface area contributed by atoms with Crippen LogP contribution in [0.2, 0.25) is 15.1 Å². The van der Waals surface area contributed by atoms with Gasteiger partial charge in [0, 0.05) is 25.3 Å². The molecule has 0 aliphatic heterocycles. The van der Waals surface area contributed by atoms with Crippen LogP contribution in [0.5, 0.6) is 0 Å². The Labute approximate surface area is 192 Å². The maximum atomic E-state index is 13.0. The number of para-hydroxylation sites is 1. The van der Waals surface area contributed by atoms with Crippen molar-refractivity contribution in [3.8, 4) is 0 Å². The van der Waals surface area contributed by atoms with Crippen molar-refractivity contribution in [2.75, 3.05) is 24.8 Å². The first kappa shape index (κ1) is 22.9. The number of aromatic nitrogens is 2. The van der Waals surface area contributed by atoms with Gasteiger partial charge in [-0.2, -0.15) is 0 Å². The number of thioether (sulfide) groups is 1. The number of methoxy groups -OCH3 is 1. The molecule has 0 aliphatic carbocycles. The standard InChI is InChI=1S/C20H18Cl3N3O3S/c1-29-9-3-8-26-19(28)13-7-6-12(21)10-16(13)24-20(26)30-11-17(27)25-18-14(22)4-2-5-15(18)23/h2,4-7,10H,3,8-9,11H2,1H3,(H,25,27). The van der Waals surface area contributed by atoms with Gasteiger partial charge in [-0.25, -0.2) is 4.98 Å². The number of carbonyl (C=O) groups excluding carboxylic acids is 1. The molecule has 1 aromatic heterocycles. The summed E-state index contributed by atoms with van der Waals surface area (Å²) in [6, 6.07) is 9.90. The lowest BCUT2D eigenvalue weighted by Gasteiger charge is -2.13. The number of hydrogen-bond donors (Lipinski definition) is 1. The van der Waals surface area contributed by atoms with Crippen molar-refractivity contribution in [3.63, 3.8) is 0 Å². The van der Waals surface area contributed by atoms with Gasteiger partial charge in [-0.15, -0.1) is 0 Å². The molecule has 1 amide bonds. The highest BCUT2D eigenvalue weighted by Gasteiger charge is 2.15. The Bertz CT molecular complexity index is 1120.